The van der Waals surface area contributed by atoms with Gasteiger partial charge in [-0.05, 0) is 61.2 Å². The summed E-state index contributed by atoms with van der Waals surface area (Å²) in [4.78, 5) is 18.4. The third-order valence-corrected chi connectivity index (χ3v) is 7.09. The average molecular weight is 467 g/mol. The number of hydrazone groups is 1. The van der Waals surface area contributed by atoms with Crippen molar-refractivity contribution in [3.63, 3.8) is 0 Å². The number of carbonyl (C=O) groups excluding carboxylic acids is 1. The number of thioether (sulfide) groups is 1. The van der Waals surface area contributed by atoms with E-state index in [-0.39, 0.29) is 5.37 Å². The number of aliphatic imine (C=N–C) groups is 1. The first kappa shape index (κ1) is 23.2. The van der Waals surface area contributed by atoms with Crippen molar-refractivity contribution in [2.24, 2.45) is 10.1 Å². The first-order valence-corrected chi connectivity index (χ1v) is 12.2. The molecule has 7 nitrogen and oxygen atoms in total. The molecule has 1 unspecified atom stereocenters. The molecule has 4 rings (SSSR count). The minimum absolute atomic E-state index is 0.212. The topological polar surface area (TPSA) is 66.7 Å². The van der Waals surface area contributed by atoms with E-state index >= 15 is 0 Å². The highest BCUT2D eigenvalue weighted by molar-refractivity contribution is 8.01. The molecule has 2 heterocycles. The molecule has 2 aliphatic rings. The van der Waals surface area contributed by atoms with Gasteiger partial charge in [0.1, 0.15) is 11.2 Å². The monoisotopic (exact) mass is 466 g/mol. The number of amidine groups is 1. The molecule has 0 saturated carbocycles. The molecule has 0 amide bonds. The molecule has 0 spiro atoms. The lowest BCUT2D eigenvalue weighted by Crippen LogP contribution is -2.36. The Labute approximate surface area is 199 Å². The van der Waals surface area contributed by atoms with E-state index in [0.717, 1.165) is 54.1 Å². The molecular formula is C25H30N4O3S. The summed E-state index contributed by atoms with van der Waals surface area (Å²) >= 11 is 1.60. The number of rotatable bonds is 6. The Balaban J connectivity index is 1.68. The van der Waals surface area contributed by atoms with Crippen molar-refractivity contribution in [1.29, 1.82) is 0 Å². The van der Waals surface area contributed by atoms with Crippen LogP contribution in [0.3, 0.4) is 0 Å². The Bertz CT molecular complexity index is 1090. The molecular weight excluding hydrogens is 436 g/mol. The number of methoxy groups -OCH3 is 2. The van der Waals surface area contributed by atoms with Crippen molar-refractivity contribution in [3.8, 4) is 11.5 Å². The average Bonchev–Trinajstić information content (AvgIpc) is 2.86. The molecule has 1 atom stereocenters. The highest BCUT2D eigenvalue weighted by atomic mass is 32.2. The predicted molar refractivity (Wildman–Crippen MR) is 135 cm³/mol. The third-order valence-electron chi connectivity index (χ3n) is 5.89. The van der Waals surface area contributed by atoms with Crippen LogP contribution in [0, 0.1) is 0 Å². The number of aryl methyl sites for hydroxylation is 1. The summed E-state index contributed by atoms with van der Waals surface area (Å²) in [5.74, 6) is 3.06. The zero-order valence-electron chi connectivity index (χ0n) is 19.6. The highest BCUT2D eigenvalue weighted by Crippen LogP contribution is 2.33. The van der Waals surface area contributed by atoms with Gasteiger partial charge in [-0.25, -0.2) is 0 Å². The SMILES string of the molecule is CCN=C(c1ccc(OC)c(OC)c1)N1CCCc2cc(C3=NN(C)C(C=O)SC3)ccc21. The molecule has 0 N–H and O–H groups in total. The number of hydrogen-bond acceptors (Lipinski definition) is 7. The van der Waals surface area contributed by atoms with Crippen LogP contribution in [0.1, 0.15) is 30.0 Å². The molecule has 2 aromatic rings. The van der Waals surface area contributed by atoms with Crippen molar-refractivity contribution in [2.45, 2.75) is 25.1 Å². The summed E-state index contributed by atoms with van der Waals surface area (Å²) in [6.07, 6.45) is 3.00. The number of benzene rings is 2. The number of aldehydes is 1. The Kier molecular flexibility index (Phi) is 7.23. The fourth-order valence-electron chi connectivity index (χ4n) is 4.27. The van der Waals surface area contributed by atoms with Gasteiger partial charge in [0.2, 0.25) is 0 Å². The number of hydrogen-bond donors (Lipinski definition) is 0. The summed E-state index contributed by atoms with van der Waals surface area (Å²) in [6, 6.07) is 12.5. The van der Waals surface area contributed by atoms with E-state index in [2.05, 4.69) is 35.1 Å². The first-order valence-electron chi connectivity index (χ1n) is 11.1. The Morgan fingerprint density at radius 2 is 2.03 bits per heavy atom. The van der Waals surface area contributed by atoms with Crippen molar-refractivity contribution in [2.75, 3.05) is 45.0 Å². The summed E-state index contributed by atoms with van der Waals surface area (Å²) in [6.45, 7) is 3.64. The molecule has 0 bridgehead atoms. The molecule has 0 saturated heterocycles. The zero-order valence-corrected chi connectivity index (χ0v) is 20.4. The fraction of sp³-hybridized carbons (Fsp3) is 0.400. The molecule has 0 radical (unpaired) electrons. The van der Waals surface area contributed by atoms with Crippen LogP contribution in [0.15, 0.2) is 46.5 Å². The highest BCUT2D eigenvalue weighted by Gasteiger charge is 2.25. The number of carbonyl (C=O) groups is 1. The minimum atomic E-state index is -0.212. The predicted octanol–water partition coefficient (Wildman–Crippen LogP) is 3.83. The quantitative estimate of drug-likeness (QED) is 0.366. The van der Waals surface area contributed by atoms with Gasteiger partial charge in [0.25, 0.3) is 0 Å². The van der Waals surface area contributed by atoms with Crippen LogP contribution in [0.25, 0.3) is 0 Å². The minimum Gasteiger partial charge on any atom is -0.493 e. The summed E-state index contributed by atoms with van der Waals surface area (Å²) < 4.78 is 10.9. The van der Waals surface area contributed by atoms with Gasteiger partial charge in [-0.2, -0.15) is 5.10 Å². The molecule has 0 fully saturated rings. The van der Waals surface area contributed by atoms with E-state index in [4.69, 9.17) is 14.5 Å². The lowest BCUT2D eigenvalue weighted by molar-refractivity contribution is -0.109. The standard InChI is InChI=1S/C25H30N4O3S/c1-5-26-25(19-9-11-22(31-3)23(14-19)32-4)29-12-6-7-18-13-17(8-10-21(18)29)20-16-33-24(15-30)28(2)27-20/h8-11,13-15,24H,5-7,12,16H2,1-4H3. The molecule has 8 heteroatoms. The fourth-order valence-corrected chi connectivity index (χ4v) is 5.17. The lowest BCUT2D eigenvalue weighted by atomic mass is 9.97. The van der Waals surface area contributed by atoms with Gasteiger partial charge in [-0.1, -0.05) is 6.07 Å². The van der Waals surface area contributed by atoms with Gasteiger partial charge in [-0.15, -0.1) is 11.8 Å². The molecule has 2 aliphatic heterocycles. The maximum Gasteiger partial charge on any atom is 0.161 e. The smallest absolute Gasteiger partial charge is 0.161 e. The summed E-state index contributed by atoms with van der Waals surface area (Å²) in [7, 11) is 5.14. The second-order valence-electron chi connectivity index (χ2n) is 7.92. The first-order chi connectivity index (χ1) is 16.1. The van der Waals surface area contributed by atoms with Gasteiger partial charge < -0.3 is 19.2 Å². The van der Waals surface area contributed by atoms with E-state index in [9.17, 15) is 4.79 Å². The Hall–Kier alpha value is -3.00. The normalized spacial score (nSPS) is 18.5. The van der Waals surface area contributed by atoms with Crippen LogP contribution >= 0.6 is 11.8 Å². The third kappa shape index (κ3) is 4.71. The maximum atomic E-state index is 11.2. The van der Waals surface area contributed by atoms with Gasteiger partial charge >= 0.3 is 0 Å². The van der Waals surface area contributed by atoms with Crippen molar-refractivity contribution < 1.29 is 14.3 Å². The van der Waals surface area contributed by atoms with Gasteiger partial charge in [0.15, 0.2) is 17.8 Å². The van der Waals surface area contributed by atoms with Crippen LogP contribution in [0.5, 0.6) is 11.5 Å². The van der Waals surface area contributed by atoms with Crippen LogP contribution in [0.4, 0.5) is 5.69 Å². The van der Waals surface area contributed by atoms with E-state index in [1.807, 2.05) is 25.2 Å². The van der Waals surface area contributed by atoms with E-state index in [1.54, 1.807) is 31.0 Å². The lowest BCUT2D eigenvalue weighted by Gasteiger charge is -2.33. The van der Waals surface area contributed by atoms with E-state index in [1.165, 1.54) is 11.3 Å². The van der Waals surface area contributed by atoms with Crippen LogP contribution < -0.4 is 14.4 Å². The van der Waals surface area contributed by atoms with Crippen LogP contribution in [0.2, 0.25) is 0 Å². The van der Waals surface area contributed by atoms with Crippen molar-refractivity contribution in [3.05, 3.63) is 53.1 Å². The zero-order chi connectivity index (χ0) is 23.4. The number of fused-ring (bicyclic) bond motifs is 1. The van der Waals surface area contributed by atoms with E-state index in [0.29, 0.717) is 18.0 Å². The Morgan fingerprint density at radius 3 is 2.73 bits per heavy atom. The summed E-state index contributed by atoms with van der Waals surface area (Å²) in [5.41, 5.74) is 5.58. The van der Waals surface area contributed by atoms with Crippen molar-refractivity contribution in [1.82, 2.24) is 5.01 Å². The van der Waals surface area contributed by atoms with Gasteiger partial charge in [0, 0.05) is 37.1 Å². The second-order valence-corrected chi connectivity index (χ2v) is 9.03. The van der Waals surface area contributed by atoms with Crippen LogP contribution in [-0.4, -0.2) is 68.3 Å². The number of ether oxygens (including phenoxy) is 2. The largest absolute Gasteiger partial charge is 0.493 e. The number of likely N-dealkylation sites (N-methyl/N-ethyl adjacent to an activating group) is 1. The number of nitrogens with zero attached hydrogens (tertiary/aromatic N) is 4. The maximum absolute atomic E-state index is 11.2. The Morgan fingerprint density at radius 1 is 1.21 bits per heavy atom. The molecule has 0 aromatic heterocycles. The summed E-state index contributed by atoms with van der Waals surface area (Å²) in [5, 5.41) is 6.18. The molecule has 174 valence electrons. The molecule has 33 heavy (non-hydrogen) atoms. The number of anilines is 1. The van der Waals surface area contributed by atoms with E-state index < -0.39 is 0 Å². The van der Waals surface area contributed by atoms with Gasteiger partial charge in [0.05, 0.1) is 19.9 Å². The second kappa shape index (κ2) is 10.3. The van der Waals surface area contributed by atoms with Crippen LogP contribution in [-0.2, 0) is 11.2 Å². The van der Waals surface area contributed by atoms with Crippen molar-refractivity contribution >= 4 is 35.3 Å². The molecule has 0 aliphatic carbocycles. The van der Waals surface area contributed by atoms with Gasteiger partial charge in [-0.3, -0.25) is 10.0 Å². The molecule has 2 aromatic carbocycles.